The third-order valence-electron chi connectivity index (χ3n) is 15.9. The van der Waals surface area contributed by atoms with E-state index in [2.05, 4.69) is 216 Å². The van der Waals surface area contributed by atoms with Crippen molar-refractivity contribution in [2.45, 2.75) is 0 Å². The first-order valence-electron chi connectivity index (χ1n) is 38.1. The standard InChI is InChI=1S/C11H4F2N3.C10H3F2N4.C9H4F2N3.C9H6N3.5C8H5F2N4.C8H3F2N4.5Ir/c12-9-3-2-7(10(13)8(9)6-14)11-15-4-1-5-16-11;11-8-2-1-6(9(12)7(8)3-13)10-15-4-14-5-16-10;10-6-1-2-7(8(11)3-6)9-13-4-12-5-14-9;1-2-4-8(5-3-1)9-11-6-10-7-12-9;5*1-13-4-11-14(5-13)6-2-3-7(9)12-8(6)10;9-6-2-1-5(7(10)14-6)8-12-3-11-4-13-8;;;;;/h1,3-5H;2,4-5H;1,3-5H;1-4,6-7H;5*3-4H,1H3;2-4H;;;;;/q4*-1;5*+1;-1;;;;;. The van der Waals surface area contributed by atoms with E-state index >= 15 is 0 Å². The Labute approximate surface area is 881 Å². The molecule has 5 aliphatic rings. The summed E-state index contributed by atoms with van der Waals surface area (Å²) in [6, 6.07) is 58.8. The molecule has 0 spiro atoms. The number of hydrogen-bond acceptors (Lipinski definition) is 27. The van der Waals surface area contributed by atoms with Gasteiger partial charge in [-0.3, -0.25) is 125 Å². The van der Waals surface area contributed by atoms with E-state index in [1.54, 1.807) is 41.3 Å². The average molecular weight is 2910 g/mol. The van der Waals surface area contributed by atoms with E-state index in [1.807, 2.05) is 24.3 Å². The second kappa shape index (κ2) is 58.6. The third-order valence-corrected chi connectivity index (χ3v) is 15.9. The Morgan fingerprint density at radius 1 is 0.279 bits per heavy atom. The third kappa shape index (κ3) is 34.7. The first kappa shape index (κ1) is 119. The Morgan fingerprint density at radius 2 is 0.544 bits per heavy atom. The zero-order valence-corrected chi connectivity index (χ0v) is 85.3. The fraction of sp³-hybridized carbons (Fsp3) is 0.0575. The van der Waals surface area contributed by atoms with Gasteiger partial charge in [0.1, 0.15) is 97.8 Å². The summed E-state index contributed by atoms with van der Waals surface area (Å²) >= 11 is 0. The van der Waals surface area contributed by atoms with Crippen molar-refractivity contribution >= 4 is 90.2 Å². The molecule has 4 aromatic carbocycles. The van der Waals surface area contributed by atoms with E-state index in [4.69, 9.17) is 10.5 Å². The molecule has 0 unspecified atom stereocenters. The quantitative estimate of drug-likeness (QED) is 0.0531. The van der Waals surface area contributed by atoms with Gasteiger partial charge in [0.15, 0.2) is 58.2 Å². The van der Waals surface area contributed by atoms with E-state index in [-0.39, 0.29) is 175 Å². The molecule has 749 valence electrons. The molecule has 11 aromatic heterocycles. The molecule has 37 nitrogen and oxygen atoms in total. The molecule has 0 amide bonds. The van der Waals surface area contributed by atoms with Gasteiger partial charge in [-0.25, -0.2) is 28.7 Å². The predicted octanol–water partition coefficient (Wildman–Crippen LogP) is 10.4. The van der Waals surface area contributed by atoms with Crippen molar-refractivity contribution in [1.82, 2.24) is 99.7 Å². The van der Waals surface area contributed by atoms with Crippen molar-refractivity contribution in [1.29, 1.82) is 10.5 Å². The molecular formula is C87H45F18Ir5N37. The minimum absolute atomic E-state index is 0. The topological polar surface area (TPSA) is 397 Å². The van der Waals surface area contributed by atoms with Crippen molar-refractivity contribution in [3.8, 4) is 69.1 Å². The molecule has 0 saturated carbocycles. The zero-order valence-electron chi connectivity index (χ0n) is 73.3. The molecule has 0 atom stereocenters. The number of pyridine rings is 6. The molecule has 0 bridgehead atoms. The summed E-state index contributed by atoms with van der Waals surface area (Å²) in [7, 11) is 8.39. The molecule has 20 rings (SSSR count). The maximum atomic E-state index is 13.6. The van der Waals surface area contributed by atoms with Crippen LogP contribution >= 0.6 is 0 Å². The molecule has 147 heavy (non-hydrogen) atoms. The molecule has 5 aliphatic heterocycles. The van der Waals surface area contributed by atoms with Crippen molar-refractivity contribution in [2.75, 3.05) is 35.2 Å². The minimum Gasteiger partial charge on any atom is -0.319 e. The van der Waals surface area contributed by atoms with Gasteiger partial charge >= 0.3 is 61.7 Å². The molecule has 0 N–H and O–H groups in total. The SMILES string of the molecule is C[N+]1=C=[N+](c2[c-]cc(F)nc2F)N=C1.C[N+]1=C=[N+](c2[c-]cc(F)nc2F)N=C1.C[N+]1=C=[N+](c2[c-]cc(F)nc2F)N=C1.C[N+]1=C=[N+](c2[c-]cc(F)nc2F)N=C1.C[N+]1=C=[N+](c2[c-]cc(F)nc2F)N=C1.Fc1c[c-]c(-c2ncncn2)c(F)c1.Fc1c[c-]c(-c2ncncn2)c(F)n1.N#Cc1c(F)c[c-]c(-c2ncccn2)c1F.N#Cc1c(F)c[c-]c(-c2ncncn2)c1F.[Ir].[Ir].[Ir].[Ir].[Ir].[c-]1ccccc1-c1ncncn1. The van der Waals surface area contributed by atoms with Gasteiger partial charge in [-0.15, -0.1) is 162 Å². The van der Waals surface area contributed by atoms with E-state index in [1.165, 1.54) is 130 Å². The number of hydrazone groups is 5. The number of benzene rings is 4. The number of nitrogens with zero attached hydrogens (tertiary/aromatic N) is 37. The van der Waals surface area contributed by atoms with Gasteiger partial charge in [-0.05, 0) is 6.07 Å². The van der Waals surface area contributed by atoms with Gasteiger partial charge in [0.2, 0.25) is 25.5 Å². The van der Waals surface area contributed by atoms with Crippen LogP contribution in [0.15, 0.2) is 180 Å². The number of hydrogen-bond donors (Lipinski definition) is 0. The Balaban J connectivity index is 0.000000249. The van der Waals surface area contributed by atoms with Crippen LogP contribution < -0.4 is 0 Å². The first-order valence-corrected chi connectivity index (χ1v) is 38.1. The fourth-order valence-electron chi connectivity index (χ4n) is 9.89. The van der Waals surface area contributed by atoms with Crippen LogP contribution in [0.5, 0.6) is 0 Å². The van der Waals surface area contributed by atoms with Crippen molar-refractivity contribution in [3.05, 3.63) is 332 Å². The summed E-state index contributed by atoms with van der Waals surface area (Å²) in [5.41, 5.74) is -1.05. The Morgan fingerprint density at radius 3 is 0.810 bits per heavy atom. The van der Waals surface area contributed by atoms with E-state index in [0.717, 1.165) is 89.6 Å². The molecule has 0 fully saturated rings. The minimum atomic E-state index is -1.02. The van der Waals surface area contributed by atoms with Crippen LogP contribution in [0.4, 0.5) is 107 Å². The molecule has 16 heterocycles. The van der Waals surface area contributed by atoms with Gasteiger partial charge in [-0.1, -0.05) is 34.4 Å². The second-order valence-corrected chi connectivity index (χ2v) is 25.8. The number of nitriles is 2. The fourth-order valence-corrected chi connectivity index (χ4v) is 9.89. The molecular weight excluding hydrogens is 2870 g/mol. The van der Waals surface area contributed by atoms with E-state index in [0.29, 0.717) is 5.82 Å². The summed E-state index contributed by atoms with van der Waals surface area (Å²) in [4.78, 5) is 70.2. The molecule has 60 heteroatoms. The number of halogens is 18. The van der Waals surface area contributed by atoms with Gasteiger partial charge in [0.25, 0.3) is 0 Å². The smallest absolute Gasteiger partial charge is 0.319 e. The predicted molar refractivity (Wildman–Crippen MR) is 443 cm³/mol. The molecule has 5 radical (unpaired) electrons. The van der Waals surface area contributed by atoms with E-state index < -0.39 is 117 Å². The monoisotopic (exact) mass is 2910 g/mol. The van der Waals surface area contributed by atoms with Crippen LogP contribution in [0.3, 0.4) is 0 Å². The largest absolute Gasteiger partial charge is 0.420 e. The van der Waals surface area contributed by atoms with Crippen molar-refractivity contribution in [2.24, 2.45) is 25.5 Å². The molecule has 15 aromatic rings. The second-order valence-electron chi connectivity index (χ2n) is 25.8. The normalized spacial score (nSPS) is 11.6. The van der Waals surface area contributed by atoms with Gasteiger partial charge in [0, 0.05) is 136 Å². The summed E-state index contributed by atoms with van der Waals surface area (Å²) in [6.07, 6.45) is 20.2. The molecule has 0 aliphatic carbocycles. The van der Waals surface area contributed by atoms with Crippen LogP contribution in [-0.2, 0) is 101 Å². The van der Waals surface area contributed by atoms with E-state index in [9.17, 15) is 79.0 Å². The van der Waals surface area contributed by atoms with Gasteiger partial charge in [0.05, 0.1) is 118 Å². The Bertz CT molecular complexity index is 7100. The first-order chi connectivity index (χ1) is 68.3. The maximum absolute atomic E-state index is 13.6. The Kier molecular flexibility index (Phi) is 47.4. The average Bonchev–Trinajstić information content (AvgIpc) is 1.70. The van der Waals surface area contributed by atoms with Crippen LogP contribution in [-0.4, -0.2) is 243 Å². The van der Waals surface area contributed by atoms with Gasteiger partial charge in [-0.2, -0.15) is 10.5 Å². The van der Waals surface area contributed by atoms with Crippen LogP contribution in [0.2, 0.25) is 0 Å². The molecule has 0 saturated heterocycles. The summed E-state index contributed by atoms with van der Waals surface area (Å²) in [5, 5.41) is 36.0. The summed E-state index contributed by atoms with van der Waals surface area (Å²) in [6.45, 7) is 0. The van der Waals surface area contributed by atoms with Crippen molar-refractivity contribution in [3.63, 3.8) is 0 Å². The van der Waals surface area contributed by atoms with Crippen molar-refractivity contribution < 1.29 is 226 Å². The van der Waals surface area contributed by atoms with Gasteiger partial charge < -0.3 is 24.9 Å². The summed E-state index contributed by atoms with van der Waals surface area (Å²) < 4.78 is 245. The summed E-state index contributed by atoms with van der Waals surface area (Å²) in [5.74, 6) is -15.7. The number of aromatic nitrogens is 20. The maximum Gasteiger partial charge on any atom is 0.420 e. The van der Waals surface area contributed by atoms with Crippen LogP contribution in [0.25, 0.3) is 56.9 Å². The van der Waals surface area contributed by atoms with Crippen LogP contribution in [0, 0.1) is 190 Å². The zero-order chi connectivity index (χ0) is 102. The number of rotatable bonds is 10. The Hall–Kier alpha value is -16.9. The van der Waals surface area contributed by atoms with Crippen LogP contribution in [0.1, 0.15) is 11.1 Å².